The Hall–Kier alpha value is -2.49. The molecule has 21 heavy (non-hydrogen) atoms. The normalized spacial score (nSPS) is 13.1. The zero-order chi connectivity index (χ0) is 15.6. The average Bonchev–Trinajstić information content (AvgIpc) is 2.86. The fourth-order valence-electron chi connectivity index (χ4n) is 1.47. The van der Waals surface area contributed by atoms with Gasteiger partial charge in [0.05, 0.1) is 11.3 Å². The van der Waals surface area contributed by atoms with E-state index in [0.29, 0.717) is 5.56 Å². The lowest BCUT2D eigenvalue weighted by Crippen LogP contribution is -2.30. The van der Waals surface area contributed by atoms with Crippen molar-refractivity contribution in [3.8, 4) is 11.4 Å². The van der Waals surface area contributed by atoms with E-state index in [-0.39, 0.29) is 17.4 Å². The van der Waals surface area contributed by atoms with Gasteiger partial charge in [-0.25, -0.2) is 0 Å². The van der Waals surface area contributed by atoms with Crippen LogP contribution >= 0.6 is 0 Å². The second-order valence-electron chi connectivity index (χ2n) is 4.08. The molecule has 1 heterocycles. The van der Waals surface area contributed by atoms with E-state index in [1.165, 1.54) is 24.3 Å². The van der Waals surface area contributed by atoms with Crippen molar-refractivity contribution >= 4 is 5.69 Å². The molecule has 1 aromatic heterocycles. The first-order chi connectivity index (χ1) is 9.77. The number of nitrogens with zero attached hydrogens (tertiary/aromatic N) is 3. The SMILES string of the molecule is O=[N+]([O-])c1ccc(-c2noc(CC(O)C(F)(F)F)n2)cc1. The predicted octanol–water partition coefficient (Wildman–Crippen LogP) is 2.11. The Labute approximate surface area is 115 Å². The van der Waals surface area contributed by atoms with Gasteiger partial charge in [0, 0.05) is 17.7 Å². The summed E-state index contributed by atoms with van der Waals surface area (Å²) in [5, 5.41) is 22.8. The predicted molar refractivity (Wildman–Crippen MR) is 62.2 cm³/mol. The molecule has 2 rings (SSSR count). The van der Waals surface area contributed by atoms with Crippen LogP contribution < -0.4 is 0 Å². The fourth-order valence-corrected chi connectivity index (χ4v) is 1.47. The minimum absolute atomic E-state index is 0.0192. The Morgan fingerprint density at radius 1 is 1.33 bits per heavy atom. The van der Waals surface area contributed by atoms with E-state index >= 15 is 0 Å². The number of benzene rings is 1. The molecular formula is C11H8F3N3O4. The molecule has 0 saturated heterocycles. The number of rotatable bonds is 4. The molecule has 0 bridgehead atoms. The molecule has 1 N–H and O–H groups in total. The second-order valence-corrected chi connectivity index (χ2v) is 4.08. The van der Waals surface area contributed by atoms with Crippen molar-refractivity contribution in [1.82, 2.24) is 10.1 Å². The van der Waals surface area contributed by atoms with Gasteiger partial charge < -0.3 is 9.63 Å². The van der Waals surface area contributed by atoms with Crippen LogP contribution in [0.4, 0.5) is 18.9 Å². The summed E-state index contributed by atoms with van der Waals surface area (Å²) in [4.78, 5) is 13.6. The van der Waals surface area contributed by atoms with Gasteiger partial charge in [-0.1, -0.05) is 5.16 Å². The quantitative estimate of drug-likeness (QED) is 0.685. The molecule has 10 heteroatoms. The molecule has 0 radical (unpaired) electrons. The van der Waals surface area contributed by atoms with Gasteiger partial charge in [-0.3, -0.25) is 10.1 Å². The van der Waals surface area contributed by atoms with Gasteiger partial charge in [0.2, 0.25) is 11.7 Å². The van der Waals surface area contributed by atoms with Crippen LogP contribution in [0.15, 0.2) is 28.8 Å². The van der Waals surface area contributed by atoms with Gasteiger partial charge in [0.25, 0.3) is 5.69 Å². The number of alkyl halides is 3. The van der Waals surface area contributed by atoms with E-state index in [2.05, 4.69) is 14.7 Å². The Morgan fingerprint density at radius 3 is 2.48 bits per heavy atom. The highest BCUT2D eigenvalue weighted by molar-refractivity contribution is 5.56. The molecule has 0 aliphatic rings. The van der Waals surface area contributed by atoms with E-state index < -0.39 is 23.6 Å². The van der Waals surface area contributed by atoms with Crippen molar-refractivity contribution in [1.29, 1.82) is 0 Å². The van der Waals surface area contributed by atoms with Crippen LogP contribution in [-0.2, 0) is 6.42 Å². The molecule has 0 amide bonds. The third-order valence-corrected chi connectivity index (χ3v) is 2.55. The van der Waals surface area contributed by atoms with Gasteiger partial charge in [-0.05, 0) is 12.1 Å². The van der Waals surface area contributed by atoms with Crippen LogP contribution in [0, 0.1) is 10.1 Å². The van der Waals surface area contributed by atoms with Crippen LogP contribution in [-0.4, -0.2) is 32.5 Å². The summed E-state index contributed by atoms with van der Waals surface area (Å²) >= 11 is 0. The van der Waals surface area contributed by atoms with Crippen LogP contribution in [0.25, 0.3) is 11.4 Å². The van der Waals surface area contributed by atoms with Crippen molar-refractivity contribution in [3.63, 3.8) is 0 Å². The van der Waals surface area contributed by atoms with Crippen LogP contribution in [0.2, 0.25) is 0 Å². The summed E-state index contributed by atoms with van der Waals surface area (Å²) in [5.74, 6) is -0.401. The third-order valence-electron chi connectivity index (χ3n) is 2.55. The summed E-state index contributed by atoms with van der Waals surface area (Å²) in [7, 11) is 0. The Bertz CT molecular complexity index is 639. The standard InChI is InChI=1S/C11H8F3N3O4/c12-11(13,14)8(18)5-9-15-10(16-21-9)6-1-3-7(4-2-6)17(19)20/h1-4,8,18H,5H2. The lowest BCUT2D eigenvalue weighted by molar-refractivity contribution is -0.384. The van der Waals surface area contributed by atoms with E-state index in [4.69, 9.17) is 5.11 Å². The lowest BCUT2D eigenvalue weighted by Gasteiger charge is -2.11. The molecule has 7 nitrogen and oxygen atoms in total. The highest BCUT2D eigenvalue weighted by atomic mass is 19.4. The molecule has 1 aromatic carbocycles. The minimum Gasteiger partial charge on any atom is -0.383 e. The molecule has 0 aliphatic carbocycles. The number of halogens is 3. The molecule has 0 saturated carbocycles. The van der Waals surface area contributed by atoms with Crippen molar-refractivity contribution in [2.75, 3.05) is 0 Å². The molecule has 1 atom stereocenters. The summed E-state index contributed by atoms with van der Waals surface area (Å²) in [6.07, 6.45) is -8.23. The zero-order valence-corrected chi connectivity index (χ0v) is 10.2. The van der Waals surface area contributed by atoms with Gasteiger partial charge in [-0.15, -0.1) is 0 Å². The first-order valence-electron chi connectivity index (χ1n) is 5.59. The van der Waals surface area contributed by atoms with Crippen molar-refractivity contribution in [2.45, 2.75) is 18.7 Å². The van der Waals surface area contributed by atoms with Crippen LogP contribution in [0.1, 0.15) is 5.89 Å². The summed E-state index contributed by atoms with van der Waals surface area (Å²) < 4.78 is 41.2. The summed E-state index contributed by atoms with van der Waals surface area (Å²) in [6.45, 7) is 0. The number of hydrogen-bond donors (Lipinski definition) is 1. The number of aromatic nitrogens is 2. The van der Waals surface area contributed by atoms with Crippen LogP contribution in [0.3, 0.4) is 0 Å². The molecular weight excluding hydrogens is 295 g/mol. The van der Waals surface area contributed by atoms with Gasteiger partial charge in [0.15, 0.2) is 6.10 Å². The van der Waals surface area contributed by atoms with Crippen molar-refractivity contribution in [3.05, 3.63) is 40.3 Å². The fraction of sp³-hybridized carbons (Fsp3) is 0.273. The number of non-ortho nitro benzene ring substituents is 1. The minimum atomic E-state index is -4.78. The van der Waals surface area contributed by atoms with E-state index in [1.54, 1.807) is 0 Å². The molecule has 1 unspecified atom stereocenters. The maximum absolute atomic E-state index is 12.2. The zero-order valence-electron chi connectivity index (χ0n) is 10.2. The number of aliphatic hydroxyl groups is 1. The summed E-state index contributed by atoms with van der Waals surface area (Å²) in [6, 6.07) is 5.09. The monoisotopic (exact) mass is 303 g/mol. The maximum atomic E-state index is 12.2. The smallest absolute Gasteiger partial charge is 0.383 e. The number of nitro groups is 1. The molecule has 0 spiro atoms. The molecule has 2 aromatic rings. The second kappa shape index (κ2) is 5.48. The van der Waals surface area contributed by atoms with Crippen molar-refractivity contribution in [2.24, 2.45) is 0 Å². The average molecular weight is 303 g/mol. The number of nitro benzene ring substituents is 1. The van der Waals surface area contributed by atoms with Gasteiger partial charge in [0.1, 0.15) is 0 Å². The molecule has 0 fully saturated rings. The van der Waals surface area contributed by atoms with Crippen LogP contribution in [0.5, 0.6) is 0 Å². The maximum Gasteiger partial charge on any atom is 0.414 e. The third kappa shape index (κ3) is 3.54. The van der Waals surface area contributed by atoms with Crippen molar-refractivity contribution < 1.29 is 27.7 Å². The first-order valence-corrected chi connectivity index (χ1v) is 5.59. The lowest BCUT2D eigenvalue weighted by atomic mass is 10.2. The number of hydrogen-bond acceptors (Lipinski definition) is 6. The summed E-state index contributed by atoms with van der Waals surface area (Å²) in [5.41, 5.74) is 0.201. The highest BCUT2D eigenvalue weighted by Gasteiger charge is 2.39. The topological polar surface area (TPSA) is 102 Å². The Morgan fingerprint density at radius 2 is 1.95 bits per heavy atom. The van der Waals surface area contributed by atoms with Gasteiger partial charge >= 0.3 is 6.18 Å². The largest absolute Gasteiger partial charge is 0.414 e. The highest BCUT2D eigenvalue weighted by Crippen LogP contribution is 2.24. The van der Waals surface area contributed by atoms with E-state index in [0.717, 1.165) is 0 Å². The van der Waals surface area contributed by atoms with E-state index in [1.807, 2.05) is 0 Å². The number of aliphatic hydroxyl groups excluding tert-OH is 1. The van der Waals surface area contributed by atoms with Gasteiger partial charge in [-0.2, -0.15) is 18.2 Å². The Balaban J connectivity index is 2.14. The van der Waals surface area contributed by atoms with E-state index in [9.17, 15) is 23.3 Å². The molecule has 112 valence electrons. The molecule has 0 aliphatic heterocycles. The first kappa shape index (κ1) is 14.9. The Kier molecular flexibility index (Phi) is 3.89.